The summed E-state index contributed by atoms with van der Waals surface area (Å²) in [5.41, 5.74) is 0.484. The van der Waals surface area contributed by atoms with Gasteiger partial charge in [-0.25, -0.2) is 12.5 Å². The van der Waals surface area contributed by atoms with E-state index < -0.39 is 16.6 Å². The van der Waals surface area contributed by atoms with Gasteiger partial charge in [-0.3, -0.25) is 5.09 Å². The molecule has 2 aromatic rings. The molecule has 1 N–H and O–H groups in total. The quantitative estimate of drug-likeness (QED) is 0.613. The highest BCUT2D eigenvalue weighted by Crippen LogP contribution is 2.53. The average Bonchev–Trinajstić information content (AvgIpc) is 2.63. The number of benzene rings is 2. The molecule has 0 aliphatic carbocycles. The Balaban J connectivity index is 2.60. The van der Waals surface area contributed by atoms with E-state index in [0.717, 1.165) is 12.8 Å². The zero-order chi connectivity index (χ0) is 19.2. The zero-order valence-electron chi connectivity index (χ0n) is 15.2. The topological polar surface area (TPSA) is 58.6 Å². The lowest BCUT2D eigenvalue weighted by atomic mass is 10.2. The van der Waals surface area contributed by atoms with E-state index in [-0.39, 0.29) is 11.0 Å². The van der Waals surface area contributed by atoms with E-state index in [4.69, 9.17) is 16.3 Å². The molecule has 0 aliphatic heterocycles. The molecular formula is C18H25N2O3PS2. The molecule has 0 aliphatic rings. The molecule has 2 aromatic carbocycles. The normalized spacial score (nSPS) is 15.2. The highest BCUT2D eigenvalue weighted by Gasteiger charge is 2.38. The van der Waals surface area contributed by atoms with E-state index in [1.165, 1.54) is 4.08 Å². The van der Waals surface area contributed by atoms with Gasteiger partial charge in [0.05, 0.1) is 16.7 Å². The Morgan fingerprint density at radius 3 is 2.15 bits per heavy atom. The third kappa shape index (κ3) is 4.72. The molecule has 0 saturated heterocycles. The molecule has 0 heterocycles. The van der Waals surface area contributed by atoms with Crippen LogP contribution in [0.1, 0.15) is 26.7 Å². The van der Waals surface area contributed by atoms with Crippen LogP contribution in [0.25, 0.3) is 0 Å². The van der Waals surface area contributed by atoms with Gasteiger partial charge < -0.3 is 4.52 Å². The molecule has 2 unspecified atom stereocenters. The highest BCUT2D eigenvalue weighted by atomic mass is 32.5. The lowest BCUT2D eigenvalue weighted by Gasteiger charge is -2.36. The molecule has 0 saturated carbocycles. The number of rotatable bonds is 9. The Kier molecular flexibility index (Phi) is 7.38. The molecule has 5 nitrogen and oxygen atoms in total. The van der Waals surface area contributed by atoms with Crippen molar-refractivity contribution in [3.05, 3.63) is 60.7 Å². The Labute approximate surface area is 161 Å². The second kappa shape index (κ2) is 9.11. The van der Waals surface area contributed by atoms with Crippen LogP contribution in [0.15, 0.2) is 65.6 Å². The van der Waals surface area contributed by atoms with Gasteiger partial charge in [0.15, 0.2) is 0 Å². The van der Waals surface area contributed by atoms with Crippen LogP contribution < -0.4 is 9.16 Å². The first-order chi connectivity index (χ1) is 12.3. The van der Waals surface area contributed by atoms with Crippen LogP contribution in [-0.2, 0) is 26.4 Å². The van der Waals surface area contributed by atoms with E-state index in [1.54, 1.807) is 61.6 Å². The summed E-state index contributed by atoms with van der Waals surface area (Å²) in [5.74, 6) is 0. The predicted molar refractivity (Wildman–Crippen MR) is 111 cm³/mol. The molecule has 0 aromatic heterocycles. The van der Waals surface area contributed by atoms with Crippen LogP contribution in [0.2, 0.25) is 0 Å². The fraction of sp³-hybridized carbons (Fsp3) is 0.333. The van der Waals surface area contributed by atoms with Crippen molar-refractivity contribution in [3.63, 3.8) is 0 Å². The summed E-state index contributed by atoms with van der Waals surface area (Å²) in [6.45, 7) is 0.894. The van der Waals surface area contributed by atoms with E-state index in [0.29, 0.717) is 5.69 Å². The standard InChI is InChI=1S/C18H25N2O3PS2/c1-4-11-16(2)23-24(25,19-3)20(17-12-7-5-8-13-17)26(21,22)18-14-9-6-10-15-18/h5-10,12-16H,4,11H2,1-3H3,(H,19,25). The Morgan fingerprint density at radius 2 is 1.65 bits per heavy atom. The Hall–Kier alpha value is -1.24. The summed E-state index contributed by atoms with van der Waals surface area (Å²) in [6.07, 6.45) is 1.57. The molecular weight excluding hydrogens is 387 g/mol. The van der Waals surface area contributed by atoms with Crippen molar-refractivity contribution < 1.29 is 12.9 Å². The summed E-state index contributed by atoms with van der Waals surface area (Å²) < 4.78 is 34.2. The number of nitrogens with one attached hydrogen (secondary N) is 1. The number of hydrogen-bond acceptors (Lipinski definition) is 4. The molecule has 8 heteroatoms. The molecule has 2 rings (SSSR count). The van der Waals surface area contributed by atoms with E-state index in [9.17, 15) is 8.42 Å². The van der Waals surface area contributed by atoms with Crippen molar-refractivity contribution in [2.75, 3.05) is 11.1 Å². The number of anilines is 1. The van der Waals surface area contributed by atoms with Crippen molar-refractivity contribution in [2.24, 2.45) is 0 Å². The smallest absolute Gasteiger partial charge is 0.270 e. The van der Waals surface area contributed by atoms with E-state index in [2.05, 4.69) is 12.0 Å². The lowest BCUT2D eigenvalue weighted by molar-refractivity contribution is 0.230. The third-order valence-corrected chi connectivity index (χ3v) is 10.2. The fourth-order valence-corrected chi connectivity index (χ4v) is 8.36. The van der Waals surface area contributed by atoms with Crippen molar-refractivity contribution in [3.8, 4) is 0 Å². The van der Waals surface area contributed by atoms with Gasteiger partial charge in [0.1, 0.15) is 0 Å². The van der Waals surface area contributed by atoms with Crippen LogP contribution in [0, 0.1) is 0 Å². The number of para-hydroxylation sites is 1. The van der Waals surface area contributed by atoms with Gasteiger partial charge >= 0.3 is 0 Å². The van der Waals surface area contributed by atoms with Crippen LogP contribution in [0.3, 0.4) is 0 Å². The lowest BCUT2D eigenvalue weighted by Crippen LogP contribution is -2.34. The predicted octanol–water partition coefficient (Wildman–Crippen LogP) is 4.53. The van der Waals surface area contributed by atoms with Crippen LogP contribution in [0.5, 0.6) is 0 Å². The maximum absolute atomic E-state index is 13.4. The molecule has 26 heavy (non-hydrogen) atoms. The third-order valence-electron chi connectivity index (χ3n) is 3.79. The van der Waals surface area contributed by atoms with Gasteiger partial charge in [-0.1, -0.05) is 49.7 Å². The first-order valence-electron chi connectivity index (χ1n) is 8.48. The Morgan fingerprint density at radius 1 is 1.12 bits per heavy atom. The van der Waals surface area contributed by atoms with Gasteiger partial charge in [-0.2, -0.15) is 0 Å². The minimum Gasteiger partial charge on any atom is -0.319 e. The maximum atomic E-state index is 13.4. The van der Waals surface area contributed by atoms with Crippen LogP contribution in [0.4, 0.5) is 5.69 Å². The molecule has 142 valence electrons. The minimum atomic E-state index is -3.89. The minimum absolute atomic E-state index is 0.157. The van der Waals surface area contributed by atoms with Crippen LogP contribution in [-0.4, -0.2) is 21.6 Å². The first kappa shape index (κ1) is 21.1. The van der Waals surface area contributed by atoms with Crippen molar-refractivity contribution >= 4 is 34.1 Å². The van der Waals surface area contributed by atoms with Crippen molar-refractivity contribution in [2.45, 2.75) is 37.7 Å². The Bertz CT molecular complexity index is 845. The molecule has 0 spiro atoms. The molecule has 0 amide bonds. The monoisotopic (exact) mass is 412 g/mol. The summed E-state index contributed by atoms with van der Waals surface area (Å²) >= 11 is 5.77. The van der Waals surface area contributed by atoms with Crippen molar-refractivity contribution in [1.29, 1.82) is 0 Å². The second-order valence-corrected chi connectivity index (χ2v) is 11.5. The summed E-state index contributed by atoms with van der Waals surface area (Å²) in [7, 11) is -2.24. The number of nitrogens with zero attached hydrogens (tertiary/aromatic N) is 1. The number of sulfonamides is 1. The van der Waals surface area contributed by atoms with Gasteiger partial charge in [0, 0.05) is 0 Å². The van der Waals surface area contributed by atoms with E-state index in [1.807, 2.05) is 13.0 Å². The SMILES string of the molecule is CCCC(C)OP(=S)(NC)N(c1ccccc1)S(=O)(=O)c1ccccc1. The van der Waals surface area contributed by atoms with E-state index >= 15 is 0 Å². The molecule has 0 fully saturated rings. The second-order valence-electron chi connectivity index (χ2n) is 5.85. The number of hydrogen-bond donors (Lipinski definition) is 1. The average molecular weight is 413 g/mol. The highest BCUT2D eigenvalue weighted by molar-refractivity contribution is 8.18. The van der Waals surface area contributed by atoms with Gasteiger partial charge in [0.2, 0.25) is 6.57 Å². The largest absolute Gasteiger partial charge is 0.319 e. The van der Waals surface area contributed by atoms with Gasteiger partial charge in [-0.05, 0) is 56.5 Å². The summed E-state index contributed by atoms with van der Waals surface area (Å²) in [4.78, 5) is 0.181. The molecule has 0 bridgehead atoms. The summed E-state index contributed by atoms with van der Waals surface area (Å²) in [6, 6.07) is 17.2. The van der Waals surface area contributed by atoms with Gasteiger partial charge in [-0.15, -0.1) is 0 Å². The van der Waals surface area contributed by atoms with Crippen LogP contribution >= 0.6 is 6.57 Å². The zero-order valence-corrected chi connectivity index (χ0v) is 17.7. The molecule has 2 atom stereocenters. The first-order valence-corrected chi connectivity index (χ1v) is 12.6. The van der Waals surface area contributed by atoms with Gasteiger partial charge in [0.25, 0.3) is 10.0 Å². The molecule has 0 radical (unpaired) electrons. The summed E-state index contributed by atoms with van der Waals surface area (Å²) in [5, 5.41) is 2.99. The maximum Gasteiger partial charge on any atom is 0.270 e. The fourth-order valence-electron chi connectivity index (χ4n) is 2.57. The van der Waals surface area contributed by atoms with Crippen molar-refractivity contribution in [1.82, 2.24) is 5.09 Å².